The van der Waals surface area contributed by atoms with Crippen molar-refractivity contribution in [1.29, 1.82) is 0 Å². The predicted octanol–water partition coefficient (Wildman–Crippen LogP) is 4.85. The molecule has 2 amide bonds. The van der Waals surface area contributed by atoms with Gasteiger partial charge in [0.05, 0.1) is 13.2 Å². The number of aromatic nitrogens is 2. The second-order valence-electron chi connectivity index (χ2n) is 10.6. The molecule has 1 aliphatic carbocycles. The first kappa shape index (κ1) is 24.2. The number of carbonyl (C=O) groups is 1. The molecule has 2 N–H and O–H groups in total. The Morgan fingerprint density at radius 2 is 1.89 bits per heavy atom. The number of urea groups is 1. The van der Waals surface area contributed by atoms with Crippen molar-refractivity contribution in [1.82, 2.24) is 25.1 Å². The van der Waals surface area contributed by atoms with Crippen LogP contribution < -0.4 is 5.32 Å². The van der Waals surface area contributed by atoms with E-state index in [1.165, 1.54) is 35.1 Å². The minimum Gasteiger partial charge on any atom is -0.379 e. The number of ether oxygens (including phenoxy) is 1. The molecule has 7 nitrogen and oxygen atoms in total. The Kier molecular flexibility index (Phi) is 7.24. The number of benzene rings is 1. The smallest absolute Gasteiger partial charge is 0.317 e. The van der Waals surface area contributed by atoms with Gasteiger partial charge in [-0.3, -0.25) is 4.90 Å². The van der Waals surface area contributed by atoms with Gasteiger partial charge in [0, 0.05) is 67.7 Å². The van der Waals surface area contributed by atoms with Gasteiger partial charge in [-0.25, -0.2) is 9.78 Å². The molecule has 7 heteroatoms. The SMILES string of the molecule is O=C(NC1CCCC1)N1CC=C(c2c[nH]c3ncc(-c4ccc(CCN5CCOCC5)cc4)cc23)CC1. The van der Waals surface area contributed by atoms with Crippen molar-refractivity contribution in [2.45, 2.75) is 44.6 Å². The van der Waals surface area contributed by atoms with Crippen molar-refractivity contribution in [2.24, 2.45) is 0 Å². The first-order valence-electron chi connectivity index (χ1n) is 13.8. The molecule has 1 aromatic carbocycles. The highest BCUT2D eigenvalue weighted by Crippen LogP contribution is 2.31. The van der Waals surface area contributed by atoms with Crippen LogP contribution in [-0.4, -0.2) is 77.8 Å². The van der Waals surface area contributed by atoms with E-state index in [1.807, 2.05) is 11.1 Å². The molecule has 194 valence electrons. The van der Waals surface area contributed by atoms with Crippen molar-refractivity contribution in [3.63, 3.8) is 0 Å². The Morgan fingerprint density at radius 3 is 2.65 bits per heavy atom. The van der Waals surface area contributed by atoms with E-state index in [1.54, 1.807) is 0 Å². The predicted molar refractivity (Wildman–Crippen MR) is 147 cm³/mol. The second-order valence-corrected chi connectivity index (χ2v) is 10.6. The van der Waals surface area contributed by atoms with Gasteiger partial charge >= 0.3 is 6.03 Å². The summed E-state index contributed by atoms with van der Waals surface area (Å²) in [6, 6.07) is 11.6. The molecule has 0 bridgehead atoms. The van der Waals surface area contributed by atoms with Crippen LogP contribution in [0.25, 0.3) is 27.7 Å². The molecule has 3 aromatic rings. The summed E-state index contributed by atoms with van der Waals surface area (Å²) in [7, 11) is 0. The number of amides is 2. The van der Waals surface area contributed by atoms with Crippen LogP contribution in [0.4, 0.5) is 4.79 Å². The first-order chi connectivity index (χ1) is 18.2. The van der Waals surface area contributed by atoms with E-state index in [2.05, 4.69) is 57.8 Å². The lowest BCUT2D eigenvalue weighted by Gasteiger charge is -2.28. The number of rotatable bonds is 6. The van der Waals surface area contributed by atoms with Gasteiger partial charge < -0.3 is 19.9 Å². The van der Waals surface area contributed by atoms with Crippen molar-refractivity contribution in [2.75, 3.05) is 45.9 Å². The third-order valence-electron chi connectivity index (χ3n) is 8.16. The molecule has 2 aromatic heterocycles. The van der Waals surface area contributed by atoms with Crippen molar-refractivity contribution in [3.05, 3.63) is 59.9 Å². The zero-order chi connectivity index (χ0) is 25.0. The zero-order valence-electron chi connectivity index (χ0n) is 21.5. The van der Waals surface area contributed by atoms with Gasteiger partial charge in [0.1, 0.15) is 5.65 Å². The minimum absolute atomic E-state index is 0.0819. The lowest BCUT2D eigenvalue weighted by Crippen LogP contribution is -2.45. The highest BCUT2D eigenvalue weighted by atomic mass is 16.5. The monoisotopic (exact) mass is 499 g/mol. The fourth-order valence-electron chi connectivity index (χ4n) is 5.84. The molecule has 4 heterocycles. The largest absolute Gasteiger partial charge is 0.379 e. The number of morpholine rings is 1. The van der Waals surface area contributed by atoms with Crippen LogP contribution >= 0.6 is 0 Å². The topological polar surface area (TPSA) is 73.5 Å². The van der Waals surface area contributed by atoms with E-state index in [0.29, 0.717) is 12.6 Å². The van der Waals surface area contributed by atoms with Crippen LogP contribution in [0.3, 0.4) is 0 Å². The maximum absolute atomic E-state index is 12.7. The summed E-state index contributed by atoms with van der Waals surface area (Å²) in [6.45, 7) is 6.24. The number of nitrogens with one attached hydrogen (secondary N) is 2. The van der Waals surface area contributed by atoms with Crippen molar-refractivity contribution in [3.8, 4) is 11.1 Å². The van der Waals surface area contributed by atoms with E-state index < -0.39 is 0 Å². The third kappa shape index (κ3) is 5.58. The average Bonchev–Trinajstić information content (AvgIpc) is 3.62. The summed E-state index contributed by atoms with van der Waals surface area (Å²) in [6.07, 6.45) is 12.8. The molecule has 1 saturated carbocycles. The van der Waals surface area contributed by atoms with Crippen LogP contribution in [0, 0.1) is 0 Å². The molecule has 1 saturated heterocycles. The zero-order valence-corrected chi connectivity index (χ0v) is 21.5. The van der Waals surface area contributed by atoms with Gasteiger partial charge in [-0.2, -0.15) is 0 Å². The molecule has 0 unspecified atom stereocenters. The Balaban J connectivity index is 1.12. The normalized spacial score (nSPS) is 19.4. The van der Waals surface area contributed by atoms with E-state index in [-0.39, 0.29) is 6.03 Å². The van der Waals surface area contributed by atoms with Gasteiger partial charge in [-0.15, -0.1) is 0 Å². The van der Waals surface area contributed by atoms with Gasteiger partial charge in [0.15, 0.2) is 0 Å². The van der Waals surface area contributed by atoms with Crippen molar-refractivity contribution < 1.29 is 9.53 Å². The van der Waals surface area contributed by atoms with E-state index in [4.69, 9.17) is 9.72 Å². The van der Waals surface area contributed by atoms with Gasteiger partial charge in [-0.05, 0) is 48.4 Å². The lowest BCUT2D eigenvalue weighted by molar-refractivity contribution is 0.0384. The Hall–Kier alpha value is -3.16. The van der Waals surface area contributed by atoms with Gasteiger partial charge in [0.25, 0.3) is 0 Å². The molecule has 2 fully saturated rings. The van der Waals surface area contributed by atoms with Crippen LogP contribution in [0.2, 0.25) is 0 Å². The molecule has 6 rings (SSSR count). The Bertz CT molecular complexity index is 1250. The van der Waals surface area contributed by atoms with E-state index in [9.17, 15) is 4.79 Å². The number of H-pyrrole nitrogens is 1. The summed E-state index contributed by atoms with van der Waals surface area (Å²) < 4.78 is 5.45. The number of hydrogen-bond donors (Lipinski definition) is 2. The average molecular weight is 500 g/mol. The Labute approximate surface area is 218 Å². The summed E-state index contributed by atoms with van der Waals surface area (Å²) in [4.78, 5) is 25.1. The summed E-state index contributed by atoms with van der Waals surface area (Å²) in [5, 5.41) is 4.36. The fourth-order valence-corrected chi connectivity index (χ4v) is 5.84. The Morgan fingerprint density at radius 1 is 1.08 bits per heavy atom. The number of aromatic amines is 1. The molecule has 0 atom stereocenters. The molecule has 3 aliphatic rings. The van der Waals surface area contributed by atoms with Crippen LogP contribution in [0.1, 0.15) is 43.2 Å². The molecular weight excluding hydrogens is 462 g/mol. The molecule has 0 spiro atoms. The standard InChI is InChI=1S/C30H37N5O2/c36-30(33-26-3-1-2-4-26)35-13-10-24(11-14-35)28-21-32-29-27(28)19-25(20-31-29)23-7-5-22(6-8-23)9-12-34-15-17-37-18-16-34/h5-8,10,19-21,26H,1-4,9,11-18H2,(H,31,32)(H,33,36). The van der Waals surface area contributed by atoms with E-state index >= 15 is 0 Å². The number of carbonyl (C=O) groups excluding carboxylic acids is 1. The van der Waals surface area contributed by atoms with Gasteiger partial charge in [-0.1, -0.05) is 43.2 Å². The first-order valence-corrected chi connectivity index (χ1v) is 13.8. The van der Waals surface area contributed by atoms with E-state index in [0.717, 1.165) is 81.7 Å². The maximum Gasteiger partial charge on any atom is 0.317 e. The summed E-state index contributed by atoms with van der Waals surface area (Å²) >= 11 is 0. The second kappa shape index (κ2) is 11.1. The minimum atomic E-state index is 0.0819. The van der Waals surface area contributed by atoms with Crippen molar-refractivity contribution >= 4 is 22.6 Å². The quantitative estimate of drug-likeness (QED) is 0.509. The lowest BCUT2D eigenvalue weighted by atomic mass is 9.97. The molecule has 0 radical (unpaired) electrons. The van der Waals surface area contributed by atoms with Crippen LogP contribution in [0.15, 0.2) is 48.8 Å². The fraction of sp³-hybridized carbons (Fsp3) is 0.467. The number of nitrogens with zero attached hydrogens (tertiary/aromatic N) is 3. The molecular formula is C30H37N5O2. The van der Waals surface area contributed by atoms with Crippen LogP contribution in [-0.2, 0) is 11.2 Å². The molecule has 37 heavy (non-hydrogen) atoms. The van der Waals surface area contributed by atoms with Gasteiger partial charge in [0.2, 0.25) is 0 Å². The summed E-state index contributed by atoms with van der Waals surface area (Å²) in [5.41, 5.74) is 7.06. The summed E-state index contributed by atoms with van der Waals surface area (Å²) in [5.74, 6) is 0. The number of hydrogen-bond acceptors (Lipinski definition) is 4. The maximum atomic E-state index is 12.7. The van der Waals surface area contributed by atoms with Crippen LogP contribution in [0.5, 0.6) is 0 Å². The number of pyridine rings is 1. The third-order valence-corrected chi connectivity index (χ3v) is 8.16. The highest BCUT2D eigenvalue weighted by molar-refractivity contribution is 5.93. The number of fused-ring (bicyclic) bond motifs is 1. The molecule has 2 aliphatic heterocycles. The highest BCUT2D eigenvalue weighted by Gasteiger charge is 2.23.